The molecule has 16 bridgehead atoms. The van der Waals surface area contributed by atoms with E-state index >= 15 is 0 Å². The van der Waals surface area contributed by atoms with Crippen LogP contribution in [0.15, 0.2) is 0 Å². The number of alkyl halides is 4. The van der Waals surface area contributed by atoms with Gasteiger partial charge in [-0.1, -0.05) is 0 Å². The predicted octanol–water partition coefficient (Wildman–Crippen LogP) is 4.70. The second-order valence-electron chi connectivity index (χ2n) is 29.0. The maximum Gasteiger partial charge on any atom is 0.377 e. The van der Waals surface area contributed by atoms with Gasteiger partial charge in [-0.05, 0) is 164 Å². The summed E-state index contributed by atoms with van der Waals surface area (Å²) >= 11 is 0. The number of hydrogen-bond donors (Lipinski definition) is 2. The monoisotopic (exact) mass is 1280 g/mol. The number of rotatable bonds is 22. The summed E-state index contributed by atoms with van der Waals surface area (Å²) in [7, 11) is 0. The zero-order valence-corrected chi connectivity index (χ0v) is 50.1. The molecule has 0 heterocycles. The average molecular weight is 1280 g/mol. The van der Waals surface area contributed by atoms with Crippen molar-refractivity contribution in [2.45, 2.75) is 226 Å². The third-order valence-electron chi connectivity index (χ3n) is 21.0. The fraction of sp³-hybridized carbons (Fsp3) is 0.806. The largest absolute Gasteiger partial charge is 0.456 e. The number of halogens is 4. The highest BCUT2D eigenvalue weighted by atomic mass is 19.3. The van der Waals surface area contributed by atoms with Gasteiger partial charge in [-0.2, -0.15) is 17.6 Å². The Labute approximate surface area is 513 Å². The lowest BCUT2D eigenvalue weighted by atomic mass is 9.52. The molecule has 16 saturated carbocycles. The van der Waals surface area contributed by atoms with Gasteiger partial charge < -0.3 is 57.6 Å². The number of esters is 10. The molecule has 0 aromatic rings. The molecule has 16 aliphatic rings. The van der Waals surface area contributed by atoms with E-state index in [-0.39, 0.29) is 91.0 Å². The number of Topliss-reactive ketones (excluding diaryl/α,β-unsaturated/α-hetero) is 2. The molecule has 10 atom stereocenters. The van der Waals surface area contributed by atoms with Crippen molar-refractivity contribution in [2.24, 2.45) is 59.2 Å². The smallest absolute Gasteiger partial charge is 0.377 e. The zero-order valence-electron chi connectivity index (χ0n) is 50.1. The second-order valence-corrected chi connectivity index (χ2v) is 29.0. The Morgan fingerprint density at radius 1 is 0.400 bits per heavy atom. The molecule has 0 aromatic heterocycles. The highest BCUT2D eigenvalue weighted by Crippen LogP contribution is 2.61. The predicted molar refractivity (Wildman–Crippen MR) is 286 cm³/mol. The molecule has 90 heavy (non-hydrogen) atoms. The summed E-state index contributed by atoms with van der Waals surface area (Å²) in [5.41, 5.74) is -5.17. The number of aliphatic hydroxyl groups is 2. The van der Waals surface area contributed by atoms with E-state index in [9.17, 15) is 85.3 Å². The number of ketones is 2. The first kappa shape index (κ1) is 65.2. The average Bonchev–Trinajstić information content (AvgIpc) is 0.758. The van der Waals surface area contributed by atoms with Gasteiger partial charge in [-0.3, -0.25) is 19.2 Å². The number of carbonyl (C=O) groups is 12. The number of carbonyl (C=O) groups excluding carboxylic acids is 12. The Balaban J connectivity index is 0.000000185. The van der Waals surface area contributed by atoms with E-state index < -0.39 is 157 Å². The lowest BCUT2D eigenvalue weighted by Crippen LogP contribution is -2.60. The van der Waals surface area contributed by atoms with Crippen LogP contribution in [0.5, 0.6) is 0 Å². The van der Waals surface area contributed by atoms with Gasteiger partial charge in [-0.25, -0.2) is 38.4 Å². The van der Waals surface area contributed by atoms with Gasteiger partial charge in [0.2, 0.25) is 12.2 Å². The first-order chi connectivity index (χ1) is 42.1. The van der Waals surface area contributed by atoms with Crippen LogP contribution in [-0.4, -0.2) is 166 Å². The van der Waals surface area contributed by atoms with Crippen molar-refractivity contribution in [1.82, 2.24) is 0 Å². The summed E-state index contributed by atoms with van der Waals surface area (Å²) in [4.78, 5) is 149. The first-order valence-corrected chi connectivity index (χ1v) is 31.3. The summed E-state index contributed by atoms with van der Waals surface area (Å²) in [6.45, 7) is -3.12. The molecule has 2 N–H and O–H groups in total. The van der Waals surface area contributed by atoms with Crippen molar-refractivity contribution in [3.63, 3.8) is 0 Å². The molecule has 0 spiro atoms. The topological polar surface area (TPSA) is 338 Å². The highest BCUT2D eigenvalue weighted by molar-refractivity contribution is 5.90. The van der Waals surface area contributed by atoms with E-state index in [4.69, 9.17) is 37.9 Å². The standard InChI is InChI=1S/C31H40F2O12.C31H36F2O12/c1-27(32,33)26(38)43-21(25(37)42-14-24(36)45-31-11-19-3-20(12-31)8-29(40,7-19)16-31)4-22(34)41-13-23(35)44-30-9-17-2-18(10-30)6-28(39,5-17)15-30;1-29(32,33)28(40)43-21(27(39)42-14-24(36)45-31-8-16-4-19(11-31)26(38)20(5-16)12-31)6-22(34)41-13-23(35)44-30-7-15-2-17(9-30)25(37)18(3-15)10-30/h17-21,39-40H,2-16H2,1H3;15-21H,2-14H2,1H3. The van der Waals surface area contributed by atoms with Crippen LogP contribution in [0.25, 0.3) is 0 Å². The molecule has 0 aromatic carbocycles. The molecule has 496 valence electrons. The van der Waals surface area contributed by atoms with Crippen LogP contribution in [-0.2, 0) is 105 Å². The molecule has 0 saturated heterocycles. The molecule has 16 aliphatic carbocycles. The molecule has 24 nitrogen and oxygen atoms in total. The van der Waals surface area contributed by atoms with Gasteiger partial charge in [0.05, 0.1) is 24.0 Å². The molecular formula is C62H76F4O24. The molecule has 10 unspecified atom stereocenters. The maximum atomic E-state index is 13.6. The van der Waals surface area contributed by atoms with Crippen molar-refractivity contribution in [1.29, 1.82) is 0 Å². The van der Waals surface area contributed by atoms with E-state index in [2.05, 4.69) is 9.47 Å². The van der Waals surface area contributed by atoms with Gasteiger partial charge >= 0.3 is 71.5 Å². The molecule has 28 heteroatoms. The normalized spacial score (nSPS) is 38.0. The van der Waals surface area contributed by atoms with Crippen LogP contribution in [0.4, 0.5) is 17.6 Å². The summed E-state index contributed by atoms with van der Waals surface area (Å²) in [5.74, 6) is -20.1. The number of ether oxygens (including phenoxy) is 10. The van der Waals surface area contributed by atoms with Crippen molar-refractivity contribution < 1.29 is 133 Å². The van der Waals surface area contributed by atoms with E-state index in [1.807, 2.05) is 0 Å². The maximum absolute atomic E-state index is 13.6. The lowest BCUT2D eigenvalue weighted by Gasteiger charge is -2.59. The second kappa shape index (κ2) is 24.0. The Bertz CT molecular complexity index is 2900. The van der Waals surface area contributed by atoms with Gasteiger partial charge in [-0.15, -0.1) is 0 Å². The SMILES string of the molecule is CC(F)(F)C(=O)OC(CC(=O)OCC(=O)OC12CC3CC(C1)C(=O)C(C3)C2)C(=O)OCC(=O)OC12CC3CC(C1)C(=O)C(C3)C2.CC(F)(F)C(=O)OC(CC(=O)OCC(=O)OC12CC3CC(CC(O)(C3)C1)C2)C(=O)OCC(=O)OC12CC3CC(CC(O)(C3)C1)C2. The van der Waals surface area contributed by atoms with Crippen LogP contribution < -0.4 is 0 Å². The van der Waals surface area contributed by atoms with Crippen LogP contribution >= 0.6 is 0 Å². The van der Waals surface area contributed by atoms with E-state index in [1.165, 1.54) is 0 Å². The van der Waals surface area contributed by atoms with E-state index in [0.717, 1.165) is 38.5 Å². The Hall–Kier alpha value is -6.32. The highest BCUT2D eigenvalue weighted by Gasteiger charge is 2.62. The lowest BCUT2D eigenvalue weighted by molar-refractivity contribution is -0.224. The number of hydrogen-bond acceptors (Lipinski definition) is 24. The molecule has 16 fully saturated rings. The van der Waals surface area contributed by atoms with Crippen molar-refractivity contribution in [3.8, 4) is 0 Å². The quantitative estimate of drug-likeness (QED) is 0.0843. The van der Waals surface area contributed by atoms with Crippen molar-refractivity contribution in [3.05, 3.63) is 0 Å². The fourth-order valence-corrected chi connectivity index (χ4v) is 19.1. The van der Waals surface area contributed by atoms with E-state index in [1.54, 1.807) is 0 Å². The minimum Gasteiger partial charge on any atom is -0.456 e. The summed E-state index contributed by atoms with van der Waals surface area (Å²) in [5, 5.41) is 21.7. The fourth-order valence-electron chi connectivity index (χ4n) is 19.1. The van der Waals surface area contributed by atoms with Crippen LogP contribution in [0.2, 0.25) is 0 Å². The van der Waals surface area contributed by atoms with E-state index in [0.29, 0.717) is 96.3 Å². The Morgan fingerprint density at radius 3 is 0.967 bits per heavy atom. The molecule has 0 amide bonds. The van der Waals surface area contributed by atoms with Crippen LogP contribution in [0.3, 0.4) is 0 Å². The minimum absolute atomic E-state index is 0.154. The minimum atomic E-state index is -4.01. The van der Waals surface area contributed by atoms with Crippen molar-refractivity contribution >= 4 is 71.3 Å². The molecule has 0 aliphatic heterocycles. The Kier molecular flexibility index (Phi) is 17.4. The van der Waals surface area contributed by atoms with Gasteiger partial charge in [0, 0.05) is 50.4 Å². The molecular weight excluding hydrogens is 1200 g/mol. The zero-order chi connectivity index (χ0) is 64.7. The third-order valence-corrected chi connectivity index (χ3v) is 21.0. The van der Waals surface area contributed by atoms with Crippen LogP contribution in [0, 0.1) is 59.2 Å². The summed E-state index contributed by atoms with van der Waals surface area (Å²) in [6.07, 6.45) is 6.79. The summed E-state index contributed by atoms with van der Waals surface area (Å²) in [6, 6.07) is 0. The van der Waals surface area contributed by atoms with Crippen molar-refractivity contribution in [2.75, 3.05) is 26.4 Å². The molecule has 16 rings (SSSR count). The first-order valence-electron chi connectivity index (χ1n) is 31.3. The van der Waals surface area contributed by atoms with Crippen LogP contribution in [0.1, 0.15) is 168 Å². The van der Waals surface area contributed by atoms with Gasteiger partial charge in [0.25, 0.3) is 0 Å². The Morgan fingerprint density at radius 2 is 0.678 bits per heavy atom. The van der Waals surface area contributed by atoms with Gasteiger partial charge in [0.1, 0.15) is 34.0 Å². The summed E-state index contributed by atoms with van der Waals surface area (Å²) < 4.78 is 106. The van der Waals surface area contributed by atoms with Gasteiger partial charge in [0.15, 0.2) is 26.4 Å². The molecule has 0 radical (unpaired) electrons. The third kappa shape index (κ3) is 14.5.